The van der Waals surface area contributed by atoms with Crippen molar-refractivity contribution in [3.05, 3.63) is 40.7 Å². The number of aromatic nitrogens is 1. The van der Waals surface area contributed by atoms with Crippen LogP contribution in [0.25, 0.3) is 11.3 Å². The van der Waals surface area contributed by atoms with Crippen molar-refractivity contribution in [1.82, 2.24) is 10.3 Å². The van der Waals surface area contributed by atoms with E-state index < -0.39 is 0 Å². The maximum Gasteiger partial charge on any atom is 0.0932 e. The molecule has 0 saturated carbocycles. The van der Waals surface area contributed by atoms with Gasteiger partial charge in [0.15, 0.2) is 0 Å². The summed E-state index contributed by atoms with van der Waals surface area (Å²) in [4.78, 5) is 4.75. The van der Waals surface area contributed by atoms with E-state index in [1.807, 2.05) is 6.07 Å². The summed E-state index contributed by atoms with van der Waals surface area (Å²) in [6.45, 7) is 6.76. The van der Waals surface area contributed by atoms with Gasteiger partial charge < -0.3 is 5.32 Å². The number of thiazole rings is 1. The number of nitrogens with one attached hydrogen (secondary N) is 1. The Morgan fingerprint density at radius 1 is 1.25 bits per heavy atom. The molecule has 0 amide bonds. The fraction of sp³-hybridized carbons (Fsp3) is 0.471. The summed E-state index contributed by atoms with van der Waals surface area (Å²) in [6.07, 6.45) is 3.50. The molecule has 1 N–H and O–H groups in total. The molecule has 0 fully saturated rings. The van der Waals surface area contributed by atoms with E-state index >= 15 is 0 Å². The molecule has 0 aliphatic rings. The van der Waals surface area contributed by atoms with Crippen molar-refractivity contribution in [3.63, 3.8) is 0 Å². The smallest absolute Gasteiger partial charge is 0.0932 e. The van der Waals surface area contributed by atoms with E-state index in [1.165, 1.54) is 23.4 Å². The minimum Gasteiger partial charge on any atom is -0.316 e. The first-order chi connectivity index (χ1) is 9.79. The summed E-state index contributed by atoms with van der Waals surface area (Å²) >= 11 is 1.78. The minimum atomic E-state index is 0.714. The fourth-order valence-electron chi connectivity index (χ4n) is 2.16. The summed E-state index contributed by atoms with van der Waals surface area (Å²) in [6, 6.07) is 10.4. The Hall–Kier alpha value is -1.19. The van der Waals surface area contributed by atoms with Crippen LogP contribution in [-0.4, -0.2) is 18.1 Å². The molecule has 2 aromatic rings. The van der Waals surface area contributed by atoms with Gasteiger partial charge in [0.2, 0.25) is 0 Å². The average Bonchev–Trinajstić information content (AvgIpc) is 2.95. The lowest BCUT2D eigenvalue weighted by atomic mass is 10.1. The molecular formula is C17H24N2S. The molecule has 20 heavy (non-hydrogen) atoms. The highest BCUT2D eigenvalue weighted by Gasteiger charge is 2.07. The Balaban J connectivity index is 1.81. The first kappa shape index (κ1) is 15.2. The Morgan fingerprint density at radius 2 is 2.05 bits per heavy atom. The summed E-state index contributed by atoms with van der Waals surface area (Å²) in [7, 11) is 0. The maximum atomic E-state index is 4.75. The number of aryl methyl sites for hydroxylation is 1. The van der Waals surface area contributed by atoms with Crippen LogP contribution in [0, 0.1) is 5.92 Å². The molecule has 1 aromatic heterocycles. The predicted molar refractivity (Wildman–Crippen MR) is 88.2 cm³/mol. The number of rotatable bonds is 8. The summed E-state index contributed by atoms with van der Waals surface area (Å²) in [5, 5.41) is 6.91. The zero-order chi connectivity index (χ0) is 14.2. The van der Waals surface area contributed by atoms with Gasteiger partial charge >= 0.3 is 0 Å². The van der Waals surface area contributed by atoms with Gasteiger partial charge in [-0.25, -0.2) is 4.98 Å². The Kier molecular flexibility index (Phi) is 6.22. The van der Waals surface area contributed by atoms with Crippen molar-refractivity contribution >= 4 is 11.3 Å². The molecule has 2 nitrogen and oxygen atoms in total. The SMILES string of the molecule is CCCNCC(C)CCc1nc(-c2ccccc2)cs1. The topological polar surface area (TPSA) is 24.9 Å². The molecule has 3 heteroatoms. The lowest BCUT2D eigenvalue weighted by Crippen LogP contribution is -2.22. The largest absolute Gasteiger partial charge is 0.316 e. The molecular weight excluding hydrogens is 264 g/mol. The summed E-state index contributed by atoms with van der Waals surface area (Å²) in [5.41, 5.74) is 2.33. The van der Waals surface area contributed by atoms with E-state index in [2.05, 4.69) is 48.8 Å². The van der Waals surface area contributed by atoms with Crippen LogP contribution in [0.2, 0.25) is 0 Å². The molecule has 0 bridgehead atoms. The second kappa shape index (κ2) is 8.18. The first-order valence-corrected chi connectivity index (χ1v) is 8.38. The third-order valence-electron chi connectivity index (χ3n) is 3.39. The van der Waals surface area contributed by atoms with Crippen LogP contribution in [0.4, 0.5) is 0 Å². The quantitative estimate of drug-likeness (QED) is 0.729. The standard InChI is InChI=1S/C17H24N2S/c1-3-11-18-12-14(2)9-10-17-19-16(13-20-17)15-7-5-4-6-8-15/h4-8,13-14,18H,3,9-12H2,1-2H3. The number of benzene rings is 1. The van der Waals surface area contributed by atoms with Gasteiger partial charge in [-0.3, -0.25) is 0 Å². The van der Waals surface area contributed by atoms with Gasteiger partial charge in [-0.15, -0.1) is 11.3 Å². The summed E-state index contributed by atoms with van der Waals surface area (Å²) < 4.78 is 0. The fourth-order valence-corrected chi connectivity index (χ4v) is 2.99. The number of hydrogen-bond donors (Lipinski definition) is 1. The van der Waals surface area contributed by atoms with Crippen molar-refractivity contribution in [1.29, 1.82) is 0 Å². The van der Waals surface area contributed by atoms with Crippen LogP contribution in [0.15, 0.2) is 35.7 Å². The third kappa shape index (κ3) is 4.73. The number of nitrogens with zero attached hydrogens (tertiary/aromatic N) is 1. The normalized spacial score (nSPS) is 12.5. The molecule has 1 unspecified atom stereocenters. The van der Waals surface area contributed by atoms with Crippen LogP contribution < -0.4 is 5.32 Å². The second-order valence-electron chi connectivity index (χ2n) is 5.34. The zero-order valence-electron chi connectivity index (χ0n) is 12.4. The molecule has 108 valence electrons. The first-order valence-electron chi connectivity index (χ1n) is 7.50. The predicted octanol–water partition coefficient (Wildman–Crippen LogP) is 4.38. The third-order valence-corrected chi connectivity index (χ3v) is 4.30. The Morgan fingerprint density at radius 3 is 2.80 bits per heavy atom. The molecule has 0 aliphatic heterocycles. The van der Waals surface area contributed by atoms with Crippen molar-refractivity contribution in [2.75, 3.05) is 13.1 Å². The lowest BCUT2D eigenvalue weighted by molar-refractivity contribution is 0.481. The molecule has 1 aromatic carbocycles. The van der Waals surface area contributed by atoms with E-state index in [0.717, 1.165) is 25.2 Å². The number of hydrogen-bond acceptors (Lipinski definition) is 3. The highest BCUT2D eigenvalue weighted by molar-refractivity contribution is 7.09. The maximum absolute atomic E-state index is 4.75. The molecule has 1 atom stereocenters. The highest BCUT2D eigenvalue weighted by Crippen LogP contribution is 2.22. The molecule has 0 aliphatic carbocycles. The lowest BCUT2D eigenvalue weighted by Gasteiger charge is -2.10. The van der Waals surface area contributed by atoms with E-state index in [4.69, 9.17) is 4.98 Å². The van der Waals surface area contributed by atoms with Gasteiger partial charge in [-0.2, -0.15) is 0 Å². The van der Waals surface area contributed by atoms with E-state index in [9.17, 15) is 0 Å². The van der Waals surface area contributed by atoms with E-state index in [-0.39, 0.29) is 0 Å². The van der Waals surface area contributed by atoms with Crippen molar-refractivity contribution in [2.24, 2.45) is 5.92 Å². The molecule has 0 radical (unpaired) electrons. The minimum absolute atomic E-state index is 0.714. The van der Waals surface area contributed by atoms with Crippen molar-refractivity contribution < 1.29 is 0 Å². The van der Waals surface area contributed by atoms with Crippen molar-refractivity contribution in [2.45, 2.75) is 33.1 Å². The molecule has 0 spiro atoms. The van der Waals surface area contributed by atoms with Gasteiger partial charge in [0.1, 0.15) is 0 Å². The van der Waals surface area contributed by atoms with Gasteiger partial charge in [0.05, 0.1) is 10.7 Å². The van der Waals surface area contributed by atoms with Crippen LogP contribution in [0.5, 0.6) is 0 Å². The van der Waals surface area contributed by atoms with Crippen LogP contribution in [0.1, 0.15) is 31.7 Å². The Bertz CT molecular complexity index is 493. The van der Waals surface area contributed by atoms with Gasteiger partial charge in [0.25, 0.3) is 0 Å². The van der Waals surface area contributed by atoms with Crippen LogP contribution in [0.3, 0.4) is 0 Å². The molecule has 1 heterocycles. The second-order valence-corrected chi connectivity index (χ2v) is 6.28. The van der Waals surface area contributed by atoms with E-state index in [0.29, 0.717) is 5.92 Å². The van der Waals surface area contributed by atoms with Crippen molar-refractivity contribution in [3.8, 4) is 11.3 Å². The summed E-state index contributed by atoms with van der Waals surface area (Å²) in [5.74, 6) is 0.714. The van der Waals surface area contributed by atoms with E-state index in [1.54, 1.807) is 11.3 Å². The molecule has 0 saturated heterocycles. The monoisotopic (exact) mass is 288 g/mol. The van der Waals surface area contributed by atoms with Crippen LogP contribution >= 0.6 is 11.3 Å². The zero-order valence-corrected chi connectivity index (χ0v) is 13.2. The Labute approximate surface area is 126 Å². The van der Waals surface area contributed by atoms with Gasteiger partial charge in [-0.05, 0) is 38.3 Å². The highest BCUT2D eigenvalue weighted by atomic mass is 32.1. The average molecular weight is 288 g/mol. The van der Waals surface area contributed by atoms with Gasteiger partial charge in [-0.1, -0.05) is 44.2 Å². The van der Waals surface area contributed by atoms with Crippen LogP contribution in [-0.2, 0) is 6.42 Å². The molecule has 2 rings (SSSR count). The van der Waals surface area contributed by atoms with Gasteiger partial charge in [0, 0.05) is 10.9 Å².